The molecule has 6 heteroatoms. The molecule has 0 heterocycles. The number of nitrogens with one attached hydrogen (secondary N) is 2. The SMILES string of the molecule is N[C@@H](CCCNC(=O)OCc1ccccc1)CNC(=O)CC(c1ccccc1)c1ccccc1. The largest absolute Gasteiger partial charge is 0.445 e. The topological polar surface area (TPSA) is 93.4 Å². The maximum Gasteiger partial charge on any atom is 0.407 e. The zero-order valence-corrected chi connectivity index (χ0v) is 19.4. The second kappa shape index (κ2) is 13.8. The molecule has 0 saturated heterocycles. The van der Waals surface area contributed by atoms with Gasteiger partial charge in [-0.3, -0.25) is 4.79 Å². The maximum atomic E-state index is 12.7. The van der Waals surface area contributed by atoms with Crippen LogP contribution < -0.4 is 16.4 Å². The number of carbonyl (C=O) groups is 2. The quantitative estimate of drug-likeness (QED) is 0.351. The molecule has 0 unspecified atom stereocenters. The minimum absolute atomic E-state index is 0.00952. The normalized spacial score (nSPS) is 11.6. The fourth-order valence-corrected chi connectivity index (χ4v) is 3.73. The van der Waals surface area contributed by atoms with Gasteiger partial charge in [0.15, 0.2) is 0 Å². The number of carbonyl (C=O) groups excluding carboxylic acids is 2. The lowest BCUT2D eigenvalue weighted by Crippen LogP contribution is -2.38. The summed E-state index contributed by atoms with van der Waals surface area (Å²) in [5, 5.41) is 5.70. The maximum absolute atomic E-state index is 12.7. The van der Waals surface area contributed by atoms with Crippen LogP contribution in [-0.4, -0.2) is 31.1 Å². The minimum atomic E-state index is -0.446. The molecule has 178 valence electrons. The van der Waals surface area contributed by atoms with E-state index in [0.29, 0.717) is 32.4 Å². The van der Waals surface area contributed by atoms with Crippen LogP contribution in [0.25, 0.3) is 0 Å². The van der Waals surface area contributed by atoms with Crippen LogP contribution in [0, 0.1) is 0 Å². The molecule has 0 radical (unpaired) electrons. The van der Waals surface area contributed by atoms with Crippen LogP contribution in [-0.2, 0) is 16.1 Å². The highest BCUT2D eigenvalue weighted by molar-refractivity contribution is 5.77. The molecule has 0 aliphatic heterocycles. The van der Waals surface area contributed by atoms with E-state index in [-0.39, 0.29) is 24.5 Å². The molecule has 0 aliphatic carbocycles. The standard InChI is InChI=1S/C28H33N3O3/c29-25(17-10-18-30-28(33)34-21-22-11-4-1-5-12-22)20-31-27(32)19-26(23-13-6-2-7-14-23)24-15-8-3-9-16-24/h1-9,11-16,25-26H,10,17-21,29H2,(H,30,33)(H,31,32)/t25-/m0/s1. The Bertz CT molecular complexity index is 958. The summed E-state index contributed by atoms with van der Waals surface area (Å²) in [4.78, 5) is 24.5. The summed E-state index contributed by atoms with van der Waals surface area (Å²) in [5.74, 6) is -0.0412. The van der Waals surface area contributed by atoms with Crippen molar-refractivity contribution in [2.24, 2.45) is 5.73 Å². The Kier molecular flexibility index (Phi) is 10.1. The molecule has 0 saturated carbocycles. The van der Waals surface area contributed by atoms with E-state index in [2.05, 4.69) is 34.9 Å². The fourth-order valence-electron chi connectivity index (χ4n) is 3.73. The molecule has 0 fully saturated rings. The van der Waals surface area contributed by atoms with Crippen molar-refractivity contribution in [1.29, 1.82) is 0 Å². The van der Waals surface area contributed by atoms with E-state index >= 15 is 0 Å². The van der Waals surface area contributed by atoms with E-state index in [9.17, 15) is 9.59 Å². The lowest BCUT2D eigenvalue weighted by Gasteiger charge is -2.19. The Hall–Kier alpha value is -3.64. The number of hydrogen-bond acceptors (Lipinski definition) is 4. The second-order valence-electron chi connectivity index (χ2n) is 8.27. The van der Waals surface area contributed by atoms with Crippen molar-refractivity contribution in [3.05, 3.63) is 108 Å². The molecule has 0 aliphatic rings. The Balaban J connectivity index is 1.35. The van der Waals surface area contributed by atoms with Crippen molar-refractivity contribution < 1.29 is 14.3 Å². The molecule has 3 aromatic rings. The van der Waals surface area contributed by atoms with Gasteiger partial charge in [-0.25, -0.2) is 4.79 Å². The van der Waals surface area contributed by atoms with Gasteiger partial charge in [0.25, 0.3) is 0 Å². The van der Waals surface area contributed by atoms with Crippen LogP contribution in [0.4, 0.5) is 4.79 Å². The smallest absolute Gasteiger partial charge is 0.407 e. The number of benzene rings is 3. The third kappa shape index (κ3) is 8.71. The summed E-state index contributed by atoms with van der Waals surface area (Å²) in [5.41, 5.74) is 9.33. The van der Waals surface area contributed by atoms with Crippen molar-refractivity contribution in [2.75, 3.05) is 13.1 Å². The van der Waals surface area contributed by atoms with Gasteiger partial charge in [-0.15, -0.1) is 0 Å². The van der Waals surface area contributed by atoms with E-state index in [1.807, 2.05) is 66.7 Å². The minimum Gasteiger partial charge on any atom is -0.445 e. The van der Waals surface area contributed by atoms with Crippen LogP contribution in [0.15, 0.2) is 91.0 Å². The number of hydrogen-bond donors (Lipinski definition) is 3. The molecule has 0 aromatic heterocycles. The molecule has 2 amide bonds. The molecular formula is C28H33N3O3. The van der Waals surface area contributed by atoms with E-state index < -0.39 is 6.09 Å². The number of amides is 2. The zero-order valence-electron chi connectivity index (χ0n) is 19.4. The van der Waals surface area contributed by atoms with Gasteiger partial charge >= 0.3 is 6.09 Å². The molecule has 1 atom stereocenters. The first-order valence-electron chi connectivity index (χ1n) is 11.7. The zero-order chi connectivity index (χ0) is 24.0. The second-order valence-corrected chi connectivity index (χ2v) is 8.27. The van der Waals surface area contributed by atoms with Crippen molar-refractivity contribution in [3.63, 3.8) is 0 Å². The van der Waals surface area contributed by atoms with Gasteiger partial charge in [0.05, 0.1) is 0 Å². The molecule has 0 bridgehead atoms. The van der Waals surface area contributed by atoms with E-state index in [0.717, 1.165) is 16.7 Å². The monoisotopic (exact) mass is 459 g/mol. The van der Waals surface area contributed by atoms with Crippen LogP contribution >= 0.6 is 0 Å². The predicted molar refractivity (Wildman–Crippen MR) is 134 cm³/mol. The summed E-state index contributed by atoms with van der Waals surface area (Å²) in [6.07, 6.45) is 1.29. The van der Waals surface area contributed by atoms with Crippen LogP contribution in [0.2, 0.25) is 0 Å². The Labute approximate surface area is 201 Å². The molecule has 34 heavy (non-hydrogen) atoms. The predicted octanol–water partition coefficient (Wildman–Crippen LogP) is 4.36. The molecular weight excluding hydrogens is 426 g/mol. The van der Waals surface area contributed by atoms with Crippen LogP contribution in [0.5, 0.6) is 0 Å². The van der Waals surface area contributed by atoms with Gasteiger partial charge in [-0.05, 0) is 29.5 Å². The summed E-state index contributed by atoms with van der Waals surface area (Å²) in [7, 11) is 0. The molecule has 3 aromatic carbocycles. The van der Waals surface area contributed by atoms with Crippen LogP contribution in [0.1, 0.15) is 41.9 Å². The lowest BCUT2D eigenvalue weighted by molar-refractivity contribution is -0.121. The van der Waals surface area contributed by atoms with Gasteiger partial charge < -0.3 is 21.1 Å². The van der Waals surface area contributed by atoms with Gasteiger partial charge in [-0.2, -0.15) is 0 Å². The van der Waals surface area contributed by atoms with Gasteiger partial charge in [0.2, 0.25) is 5.91 Å². The van der Waals surface area contributed by atoms with Gasteiger partial charge in [0.1, 0.15) is 6.61 Å². The summed E-state index contributed by atoms with van der Waals surface area (Å²) in [6, 6.07) is 29.5. The van der Waals surface area contributed by atoms with Crippen molar-refractivity contribution in [2.45, 2.75) is 37.8 Å². The summed E-state index contributed by atoms with van der Waals surface area (Å²) in [6.45, 7) is 1.11. The number of nitrogens with two attached hydrogens (primary N) is 1. The first-order valence-corrected chi connectivity index (χ1v) is 11.7. The number of ether oxygens (including phenoxy) is 1. The summed E-state index contributed by atoms with van der Waals surface area (Å²) < 4.78 is 5.19. The third-order valence-corrected chi connectivity index (χ3v) is 5.59. The average Bonchev–Trinajstić information content (AvgIpc) is 2.89. The Morgan fingerprint density at radius 3 is 1.94 bits per heavy atom. The van der Waals surface area contributed by atoms with Crippen molar-refractivity contribution in [3.8, 4) is 0 Å². The highest BCUT2D eigenvalue weighted by atomic mass is 16.5. The van der Waals surface area contributed by atoms with Crippen molar-refractivity contribution in [1.82, 2.24) is 10.6 Å². The van der Waals surface area contributed by atoms with E-state index in [4.69, 9.17) is 10.5 Å². The Morgan fingerprint density at radius 1 is 0.794 bits per heavy atom. The van der Waals surface area contributed by atoms with E-state index in [1.54, 1.807) is 0 Å². The first-order chi connectivity index (χ1) is 16.6. The molecule has 6 nitrogen and oxygen atoms in total. The lowest BCUT2D eigenvalue weighted by atomic mass is 9.88. The fraction of sp³-hybridized carbons (Fsp3) is 0.286. The Morgan fingerprint density at radius 2 is 1.35 bits per heavy atom. The third-order valence-electron chi connectivity index (χ3n) is 5.59. The van der Waals surface area contributed by atoms with Gasteiger partial charge in [0, 0.05) is 31.5 Å². The summed E-state index contributed by atoms with van der Waals surface area (Å²) >= 11 is 0. The van der Waals surface area contributed by atoms with E-state index in [1.165, 1.54) is 0 Å². The first kappa shape index (κ1) is 25.0. The molecule has 3 rings (SSSR count). The highest BCUT2D eigenvalue weighted by Gasteiger charge is 2.18. The van der Waals surface area contributed by atoms with Gasteiger partial charge in [-0.1, -0.05) is 91.0 Å². The van der Waals surface area contributed by atoms with Crippen molar-refractivity contribution >= 4 is 12.0 Å². The molecule has 4 N–H and O–H groups in total. The van der Waals surface area contributed by atoms with Crippen LogP contribution in [0.3, 0.4) is 0 Å². The highest BCUT2D eigenvalue weighted by Crippen LogP contribution is 2.27. The molecule has 0 spiro atoms. The number of rotatable bonds is 12. The number of alkyl carbamates (subject to hydrolysis) is 1. The average molecular weight is 460 g/mol.